The Morgan fingerprint density at radius 3 is 2.86 bits per heavy atom. The lowest BCUT2D eigenvalue weighted by Crippen LogP contribution is -2.45. The third-order valence-corrected chi connectivity index (χ3v) is 4.30. The Balaban J connectivity index is 1.92. The summed E-state index contributed by atoms with van der Waals surface area (Å²) in [6, 6.07) is 6.83. The normalized spacial score (nSPS) is 16.8. The zero-order valence-electron chi connectivity index (χ0n) is 16.8. The number of rotatable bonds is 10. The predicted molar refractivity (Wildman–Crippen MR) is 108 cm³/mol. The number of benzene rings is 1. The van der Waals surface area contributed by atoms with Crippen LogP contribution in [0, 0.1) is 0 Å². The number of guanidine groups is 1. The number of hydrogen-bond donors (Lipinski definition) is 3. The molecule has 10 heteroatoms. The Labute approximate surface area is 169 Å². The molecule has 8 nitrogen and oxygen atoms in total. The van der Waals surface area contributed by atoms with E-state index in [0.717, 1.165) is 6.42 Å². The van der Waals surface area contributed by atoms with Crippen LogP contribution in [0.25, 0.3) is 0 Å². The smallest absolute Gasteiger partial charge is 0.387 e. The molecule has 0 spiro atoms. The number of para-hydroxylation sites is 2. The SMILES string of the molecule is CCNC(=NCC(=O)NCCOC)NC1CCN(c2ccccc2OC(F)F)C1. The lowest BCUT2D eigenvalue weighted by molar-refractivity contribution is -0.119. The molecule has 162 valence electrons. The number of nitrogens with one attached hydrogen (secondary N) is 3. The van der Waals surface area contributed by atoms with Crippen LogP contribution in [-0.4, -0.2) is 71.0 Å². The van der Waals surface area contributed by atoms with E-state index in [4.69, 9.17) is 4.74 Å². The van der Waals surface area contributed by atoms with Gasteiger partial charge in [-0.1, -0.05) is 12.1 Å². The van der Waals surface area contributed by atoms with Crippen molar-refractivity contribution in [2.75, 3.05) is 51.3 Å². The summed E-state index contributed by atoms with van der Waals surface area (Å²) in [7, 11) is 1.57. The van der Waals surface area contributed by atoms with Crippen molar-refractivity contribution in [2.45, 2.75) is 26.0 Å². The summed E-state index contributed by atoms with van der Waals surface area (Å²) >= 11 is 0. The Bertz CT molecular complexity index is 675. The maximum atomic E-state index is 12.7. The molecule has 1 aromatic carbocycles. The molecule has 1 atom stereocenters. The molecule has 1 fully saturated rings. The monoisotopic (exact) mass is 413 g/mol. The van der Waals surface area contributed by atoms with Crippen molar-refractivity contribution in [3.63, 3.8) is 0 Å². The Morgan fingerprint density at radius 1 is 1.34 bits per heavy atom. The lowest BCUT2D eigenvalue weighted by atomic mass is 10.2. The number of amides is 1. The zero-order chi connectivity index (χ0) is 21.1. The van der Waals surface area contributed by atoms with Gasteiger partial charge < -0.3 is 30.3 Å². The van der Waals surface area contributed by atoms with Crippen molar-refractivity contribution in [3.05, 3.63) is 24.3 Å². The van der Waals surface area contributed by atoms with Gasteiger partial charge >= 0.3 is 6.61 Å². The van der Waals surface area contributed by atoms with E-state index < -0.39 is 6.61 Å². The molecule has 1 heterocycles. The van der Waals surface area contributed by atoms with Crippen LogP contribution in [0.2, 0.25) is 0 Å². The predicted octanol–water partition coefficient (Wildman–Crippen LogP) is 1.18. The molecule has 0 aliphatic carbocycles. The molecule has 1 aliphatic heterocycles. The van der Waals surface area contributed by atoms with Gasteiger partial charge in [0.2, 0.25) is 5.91 Å². The molecular weight excluding hydrogens is 384 g/mol. The fraction of sp³-hybridized carbons (Fsp3) is 0.579. The minimum atomic E-state index is -2.87. The summed E-state index contributed by atoms with van der Waals surface area (Å²) in [5.74, 6) is 0.514. The molecular formula is C19H29F2N5O3. The maximum absolute atomic E-state index is 12.7. The number of anilines is 1. The van der Waals surface area contributed by atoms with Crippen molar-refractivity contribution >= 4 is 17.6 Å². The van der Waals surface area contributed by atoms with Gasteiger partial charge in [-0.25, -0.2) is 4.99 Å². The van der Waals surface area contributed by atoms with E-state index in [1.165, 1.54) is 6.07 Å². The second-order valence-corrected chi connectivity index (χ2v) is 6.46. The van der Waals surface area contributed by atoms with Gasteiger partial charge in [0.1, 0.15) is 12.3 Å². The molecule has 1 saturated heterocycles. The number of ether oxygens (including phenoxy) is 2. The number of hydrogen-bond acceptors (Lipinski definition) is 5. The van der Waals surface area contributed by atoms with E-state index in [9.17, 15) is 13.6 Å². The van der Waals surface area contributed by atoms with Gasteiger partial charge in [-0.05, 0) is 25.5 Å². The zero-order valence-corrected chi connectivity index (χ0v) is 16.8. The second kappa shape index (κ2) is 12.1. The van der Waals surface area contributed by atoms with Gasteiger partial charge in [-0.15, -0.1) is 0 Å². The standard InChI is InChI=1S/C19H29F2N5O3/c1-3-22-19(24-12-17(27)23-9-11-28-2)25-14-8-10-26(13-14)15-6-4-5-7-16(15)29-18(20)21/h4-7,14,18H,3,8-13H2,1-2H3,(H,23,27)(H2,22,24,25). The van der Waals surface area contributed by atoms with Gasteiger partial charge in [0.05, 0.1) is 12.3 Å². The van der Waals surface area contributed by atoms with Crippen LogP contribution in [-0.2, 0) is 9.53 Å². The third-order valence-electron chi connectivity index (χ3n) is 4.30. The molecule has 2 rings (SSSR count). The first kappa shape index (κ1) is 22.7. The molecule has 29 heavy (non-hydrogen) atoms. The Morgan fingerprint density at radius 2 is 2.14 bits per heavy atom. The molecule has 0 aromatic heterocycles. The highest BCUT2D eigenvalue weighted by Gasteiger charge is 2.26. The molecule has 1 unspecified atom stereocenters. The van der Waals surface area contributed by atoms with E-state index >= 15 is 0 Å². The van der Waals surface area contributed by atoms with E-state index in [0.29, 0.717) is 44.4 Å². The van der Waals surface area contributed by atoms with E-state index in [2.05, 4.69) is 25.7 Å². The number of methoxy groups -OCH3 is 1. The topological polar surface area (TPSA) is 87.2 Å². The quantitative estimate of drug-likeness (QED) is 0.303. The Hall–Kier alpha value is -2.62. The number of carbonyl (C=O) groups is 1. The molecule has 1 aliphatic rings. The van der Waals surface area contributed by atoms with Crippen LogP contribution >= 0.6 is 0 Å². The first-order valence-electron chi connectivity index (χ1n) is 9.62. The van der Waals surface area contributed by atoms with Crippen LogP contribution in [0.5, 0.6) is 5.75 Å². The summed E-state index contributed by atoms with van der Waals surface area (Å²) in [6.07, 6.45) is 0.799. The number of aliphatic imine (C=N–C) groups is 1. The first-order valence-corrected chi connectivity index (χ1v) is 9.62. The summed E-state index contributed by atoms with van der Waals surface area (Å²) in [6.45, 7) is 1.91. The van der Waals surface area contributed by atoms with Crippen molar-refractivity contribution in [1.29, 1.82) is 0 Å². The van der Waals surface area contributed by atoms with Crippen molar-refractivity contribution in [1.82, 2.24) is 16.0 Å². The number of carbonyl (C=O) groups excluding carboxylic acids is 1. The number of halogens is 2. The van der Waals surface area contributed by atoms with Crippen molar-refractivity contribution in [2.24, 2.45) is 4.99 Å². The van der Waals surface area contributed by atoms with Crippen molar-refractivity contribution < 1.29 is 23.0 Å². The largest absolute Gasteiger partial charge is 0.433 e. The van der Waals surface area contributed by atoms with E-state index in [1.807, 2.05) is 11.8 Å². The minimum Gasteiger partial charge on any atom is -0.433 e. The van der Waals surface area contributed by atoms with E-state index in [1.54, 1.807) is 25.3 Å². The second-order valence-electron chi connectivity index (χ2n) is 6.46. The number of nitrogens with zero attached hydrogens (tertiary/aromatic N) is 2. The number of alkyl halides is 2. The molecule has 1 aromatic rings. The molecule has 3 N–H and O–H groups in total. The average molecular weight is 413 g/mol. The van der Waals surface area contributed by atoms with Crippen molar-refractivity contribution in [3.8, 4) is 5.75 Å². The molecule has 0 bridgehead atoms. The van der Waals surface area contributed by atoms with Crippen LogP contribution in [0.15, 0.2) is 29.3 Å². The summed E-state index contributed by atoms with van der Waals surface area (Å²) in [4.78, 5) is 18.1. The lowest BCUT2D eigenvalue weighted by Gasteiger charge is -2.22. The van der Waals surface area contributed by atoms with Gasteiger partial charge in [0.15, 0.2) is 5.96 Å². The Kier molecular flexibility index (Phi) is 9.42. The van der Waals surface area contributed by atoms with Crippen LogP contribution in [0.4, 0.5) is 14.5 Å². The summed E-state index contributed by atoms with van der Waals surface area (Å²) in [5, 5.41) is 9.13. The summed E-state index contributed by atoms with van der Waals surface area (Å²) in [5.41, 5.74) is 0.636. The molecule has 0 radical (unpaired) electrons. The molecule has 0 saturated carbocycles. The van der Waals surface area contributed by atoms with Crippen LogP contribution < -0.4 is 25.6 Å². The highest BCUT2D eigenvalue weighted by Crippen LogP contribution is 2.31. The highest BCUT2D eigenvalue weighted by atomic mass is 19.3. The fourth-order valence-corrected chi connectivity index (χ4v) is 3.02. The summed E-state index contributed by atoms with van der Waals surface area (Å²) < 4.78 is 34.8. The van der Waals surface area contributed by atoms with Gasteiger partial charge in [0.25, 0.3) is 0 Å². The third kappa shape index (κ3) is 7.72. The van der Waals surface area contributed by atoms with Crippen LogP contribution in [0.3, 0.4) is 0 Å². The van der Waals surface area contributed by atoms with Crippen LogP contribution in [0.1, 0.15) is 13.3 Å². The highest BCUT2D eigenvalue weighted by molar-refractivity contribution is 5.85. The van der Waals surface area contributed by atoms with Gasteiger partial charge in [-0.2, -0.15) is 8.78 Å². The minimum absolute atomic E-state index is 0.000539. The van der Waals surface area contributed by atoms with Gasteiger partial charge in [0, 0.05) is 39.3 Å². The average Bonchev–Trinajstić information content (AvgIpc) is 3.15. The fourth-order valence-electron chi connectivity index (χ4n) is 3.02. The van der Waals surface area contributed by atoms with Gasteiger partial charge in [-0.3, -0.25) is 4.79 Å². The first-order chi connectivity index (χ1) is 14.0. The van der Waals surface area contributed by atoms with E-state index in [-0.39, 0.29) is 24.2 Å². The maximum Gasteiger partial charge on any atom is 0.387 e. The molecule has 1 amide bonds.